The highest BCUT2D eigenvalue weighted by molar-refractivity contribution is 9.10. The van der Waals surface area contributed by atoms with E-state index in [1.807, 2.05) is 12.1 Å². The molecule has 0 fully saturated rings. The van der Waals surface area contributed by atoms with E-state index in [0.29, 0.717) is 17.2 Å². The molecule has 0 radical (unpaired) electrons. The molecule has 0 aliphatic carbocycles. The highest BCUT2D eigenvalue weighted by Gasteiger charge is 2.09. The fraction of sp³-hybridized carbons (Fsp3) is 0. The van der Waals surface area contributed by atoms with Crippen molar-refractivity contribution in [3.63, 3.8) is 0 Å². The number of H-pyrrole nitrogens is 2. The average Bonchev–Trinajstić information content (AvgIpc) is 3.10. The van der Waals surface area contributed by atoms with E-state index < -0.39 is 0 Å². The highest BCUT2D eigenvalue weighted by Crippen LogP contribution is 2.19. The number of halogens is 1. The summed E-state index contributed by atoms with van der Waals surface area (Å²) in [6.45, 7) is 0. The third kappa shape index (κ3) is 2.59. The first-order valence-electron chi connectivity index (χ1n) is 5.71. The van der Waals surface area contributed by atoms with Gasteiger partial charge >= 0.3 is 0 Å². The van der Waals surface area contributed by atoms with Crippen LogP contribution in [-0.4, -0.2) is 31.5 Å². The lowest BCUT2D eigenvalue weighted by Crippen LogP contribution is -2.12. The number of hydrogen-bond donors (Lipinski definition) is 3. The van der Waals surface area contributed by atoms with E-state index in [9.17, 15) is 4.79 Å². The number of hydrogen-bond acceptors (Lipinski definition) is 4. The number of nitrogens with zero attached hydrogens (tertiary/aromatic N) is 3. The molecule has 3 N–H and O–H groups in total. The zero-order chi connectivity index (χ0) is 13.9. The number of tetrazole rings is 1. The summed E-state index contributed by atoms with van der Waals surface area (Å²) < 4.78 is 0.822. The van der Waals surface area contributed by atoms with Crippen LogP contribution in [0.1, 0.15) is 10.5 Å². The topological polar surface area (TPSA) is 99.3 Å². The van der Waals surface area contributed by atoms with Crippen LogP contribution in [0.3, 0.4) is 0 Å². The molecule has 20 heavy (non-hydrogen) atoms. The zero-order valence-electron chi connectivity index (χ0n) is 10.1. The molecular weight excluding hydrogens is 324 g/mol. The molecule has 100 valence electrons. The number of benzene rings is 1. The Morgan fingerprint density at radius 3 is 2.90 bits per heavy atom. The van der Waals surface area contributed by atoms with Crippen molar-refractivity contribution in [2.24, 2.45) is 0 Å². The summed E-state index contributed by atoms with van der Waals surface area (Å²) in [6, 6.07) is 8.93. The van der Waals surface area contributed by atoms with Crippen LogP contribution in [-0.2, 0) is 0 Å². The number of carbonyl (C=O) groups is 1. The summed E-state index contributed by atoms with van der Waals surface area (Å²) in [4.78, 5) is 14.9. The van der Waals surface area contributed by atoms with E-state index in [-0.39, 0.29) is 5.91 Å². The minimum Gasteiger partial charge on any atom is -0.356 e. The number of aromatic amines is 2. The Morgan fingerprint density at radius 2 is 2.20 bits per heavy atom. The van der Waals surface area contributed by atoms with Crippen LogP contribution in [0.25, 0.3) is 11.4 Å². The second kappa shape index (κ2) is 5.25. The first kappa shape index (κ1) is 12.5. The minimum absolute atomic E-state index is 0.221. The molecule has 0 bridgehead atoms. The third-order valence-electron chi connectivity index (χ3n) is 2.62. The summed E-state index contributed by atoms with van der Waals surface area (Å²) in [7, 11) is 0. The maximum absolute atomic E-state index is 12.0. The van der Waals surface area contributed by atoms with Crippen molar-refractivity contribution in [2.45, 2.75) is 0 Å². The van der Waals surface area contributed by atoms with E-state index in [2.05, 4.69) is 46.9 Å². The first-order chi connectivity index (χ1) is 9.72. The molecule has 3 rings (SSSR count). The maximum atomic E-state index is 12.0. The fourth-order valence-electron chi connectivity index (χ4n) is 1.72. The van der Waals surface area contributed by atoms with Gasteiger partial charge in [0, 0.05) is 21.9 Å². The summed E-state index contributed by atoms with van der Waals surface area (Å²) in [6.07, 6.45) is 1.70. The van der Waals surface area contributed by atoms with Gasteiger partial charge in [-0.2, -0.15) is 5.21 Å². The van der Waals surface area contributed by atoms with Crippen molar-refractivity contribution in [2.75, 3.05) is 5.32 Å². The Labute approximate surface area is 121 Å². The second-order valence-electron chi connectivity index (χ2n) is 4.00. The van der Waals surface area contributed by atoms with Crippen LogP contribution in [0.4, 0.5) is 5.69 Å². The smallest absolute Gasteiger partial charge is 0.272 e. The fourth-order valence-corrected chi connectivity index (χ4v) is 2.06. The van der Waals surface area contributed by atoms with Crippen molar-refractivity contribution >= 4 is 27.5 Å². The largest absolute Gasteiger partial charge is 0.356 e. The van der Waals surface area contributed by atoms with Crippen LogP contribution in [0.5, 0.6) is 0 Å². The monoisotopic (exact) mass is 332 g/mol. The Balaban J connectivity index is 1.81. The normalized spacial score (nSPS) is 10.4. The van der Waals surface area contributed by atoms with Gasteiger partial charge in [-0.1, -0.05) is 12.1 Å². The molecule has 2 aromatic heterocycles. The van der Waals surface area contributed by atoms with Gasteiger partial charge in [0.15, 0.2) is 0 Å². The molecular formula is C12H9BrN6O. The lowest BCUT2D eigenvalue weighted by molar-refractivity contribution is 0.102. The Morgan fingerprint density at radius 1 is 1.30 bits per heavy atom. The number of carbonyl (C=O) groups excluding carboxylic acids is 1. The van der Waals surface area contributed by atoms with Crippen molar-refractivity contribution in [1.82, 2.24) is 25.6 Å². The second-order valence-corrected chi connectivity index (χ2v) is 4.92. The number of rotatable bonds is 3. The van der Waals surface area contributed by atoms with Gasteiger partial charge in [0.2, 0.25) is 5.82 Å². The van der Waals surface area contributed by atoms with Crippen molar-refractivity contribution in [1.29, 1.82) is 0 Å². The molecule has 0 unspecified atom stereocenters. The molecule has 2 heterocycles. The molecule has 1 aromatic carbocycles. The van der Waals surface area contributed by atoms with Crippen molar-refractivity contribution < 1.29 is 4.79 Å². The molecule has 7 nitrogen and oxygen atoms in total. The highest BCUT2D eigenvalue weighted by atomic mass is 79.9. The first-order valence-corrected chi connectivity index (χ1v) is 6.51. The van der Waals surface area contributed by atoms with Gasteiger partial charge in [0.05, 0.1) is 0 Å². The van der Waals surface area contributed by atoms with Crippen molar-refractivity contribution in [3.05, 3.63) is 46.7 Å². The van der Waals surface area contributed by atoms with Crippen LogP contribution in [0, 0.1) is 0 Å². The van der Waals surface area contributed by atoms with E-state index in [1.165, 1.54) is 0 Å². The summed E-state index contributed by atoms with van der Waals surface area (Å²) in [5.41, 5.74) is 1.90. The molecule has 8 heteroatoms. The lowest BCUT2D eigenvalue weighted by Gasteiger charge is -2.04. The average molecular weight is 333 g/mol. The molecule has 0 atom stereocenters. The molecule has 0 spiro atoms. The lowest BCUT2D eigenvalue weighted by atomic mass is 10.2. The SMILES string of the molecule is O=C(Nc1cccc(-c2nn[nH]n2)c1)c1cc(Br)c[nH]1. The number of anilines is 1. The van der Waals surface area contributed by atoms with Crippen LogP contribution in [0.2, 0.25) is 0 Å². The number of aromatic nitrogens is 5. The van der Waals surface area contributed by atoms with Gasteiger partial charge in [0.25, 0.3) is 5.91 Å². The number of nitrogens with one attached hydrogen (secondary N) is 3. The van der Waals surface area contributed by atoms with E-state index in [0.717, 1.165) is 10.0 Å². The predicted octanol–water partition coefficient (Wildman–Crippen LogP) is 2.21. The molecule has 0 aliphatic heterocycles. The van der Waals surface area contributed by atoms with Gasteiger partial charge in [-0.3, -0.25) is 4.79 Å². The van der Waals surface area contributed by atoms with Crippen LogP contribution >= 0.6 is 15.9 Å². The standard InChI is InChI=1S/C12H9BrN6O/c13-8-5-10(14-6-8)12(20)15-9-3-1-2-7(4-9)11-16-18-19-17-11/h1-6,14H,(H,15,20)(H,16,17,18,19). The Hall–Kier alpha value is -2.48. The summed E-state index contributed by atoms with van der Waals surface area (Å²) >= 11 is 3.29. The molecule has 1 amide bonds. The van der Waals surface area contributed by atoms with Crippen LogP contribution < -0.4 is 5.32 Å². The quantitative estimate of drug-likeness (QED) is 0.684. The number of amides is 1. The zero-order valence-corrected chi connectivity index (χ0v) is 11.7. The minimum atomic E-state index is -0.221. The van der Waals surface area contributed by atoms with Gasteiger partial charge in [-0.15, -0.1) is 10.2 Å². The Bertz CT molecular complexity index is 736. The Kier molecular flexibility index (Phi) is 3.30. The van der Waals surface area contributed by atoms with Gasteiger partial charge < -0.3 is 10.3 Å². The summed E-state index contributed by atoms with van der Waals surface area (Å²) in [5, 5.41) is 16.5. The van der Waals surface area contributed by atoms with E-state index in [4.69, 9.17) is 0 Å². The molecule has 3 aromatic rings. The van der Waals surface area contributed by atoms with Crippen LogP contribution in [0.15, 0.2) is 41.0 Å². The predicted molar refractivity (Wildman–Crippen MR) is 76.1 cm³/mol. The van der Waals surface area contributed by atoms with Gasteiger partial charge in [-0.25, -0.2) is 0 Å². The van der Waals surface area contributed by atoms with E-state index in [1.54, 1.807) is 24.4 Å². The molecule has 0 saturated carbocycles. The van der Waals surface area contributed by atoms with Gasteiger partial charge in [-0.05, 0) is 39.3 Å². The van der Waals surface area contributed by atoms with E-state index >= 15 is 0 Å². The molecule has 0 aliphatic rings. The van der Waals surface area contributed by atoms with Gasteiger partial charge in [0.1, 0.15) is 5.69 Å². The van der Waals surface area contributed by atoms with Crippen molar-refractivity contribution in [3.8, 4) is 11.4 Å². The third-order valence-corrected chi connectivity index (χ3v) is 3.07. The molecule has 0 saturated heterocycles. The maximum Gasteiger partial charge on any atom is 0.272 e. The summed E-state index contributed by atoms with van der Waals surface area (Å²) in [5.74, 6) is 0.254.